The summed E-state index contributed by atoms with van der Waals surface area (Å²) in [7, 11) is 0.628. The number of Topliss-reactive ketones (excluding diaryl/α,β-unsaturated/α-hetero) is 1. The van der Waals surface area contributed by atoms with E-state index >= 15 is 0 Å². The monoisotopic (exact) mass is 881 g/mol. The van der Waals surface area contributed by atoms with Crippen LogP contribution in [0.2, 0.25) is 0 Å². The van der Waals surface area contributed by atoms with Crippen molar-refractivity contribution in [3.05, 3.63) is 72.2 Å². The van der Waals surface area contributed by atoms with Gasteiger partial charge in [0.05, 0.1) is 18.1 Å². The average Bonchev–Trinajstić information content (AvgIpc) is 3.38. The van der Waals surface area contributed by atoms with Crippen LogP contribution in [-0.4, -0.2) is 16.9 Å². The molecule has 0 aliphatic carbocycles. The summed E-state index contributed by atoms with van der Waals surface area (Å²) in [5, 5.41) is 10.6. The van der Waals surface area contributed by atoms with E-state index in [2.05, 4.69) is 77.2 Å². The zero-order valence-corrected chi connectivity index (χ0v) is 24.8. The molecule has 1 N–H and O–H groups in total. The van der Waals surface area contributed by atoms with E-state index in [0.717, 1.165) is 16.4 Å². The minimum absolute atomic E-state index is 0.0632. The van der Waals surface area contributed by atoms with Gasteiger partial charge in [-0.05, 0) is 37.3 Å². The number of furan rings is 2. The molecule has 0 atom stereocenters. The topological polar surface area (TPSA) is 80.7 Å². The van der Waals surface area contributed by atoms with Gasteiger partial charge in [0.2, 0.25) is 0 Å². The molecule has 0 saturated heterocycles. The molecule has 0 amide bonds. The molecular formula is C19H14I4O5V. The maximum atomic E-state index is 11.0. The van der Waals surface area contributed by atoms with E-state index < -0.39 is 5.97 Å². The van der Waals surface area contributed by atoms with E-state index in [9.17, 15) is 9.59 Å². The van der Waals surface area contributed by atoms with Crippen LogP contribution < -0.4 is 0 Å². The molecule has 0 saturated carbocycles. The zero-order valence-electron chi connectivity index (χ0n) is 14.8. The molecule has 29 heavy (non-hydrogen) atoms. The van der Waals surface area contributed by atoms with Crippen molar-refractivity contribution >= 4 is 111 Å². The number of carboxylic acids is 1. The summed E-state index contributed by atoms with van der Waals surface area (Å²) in [6.07, 6.45) is 3.16. The Morgan fingerprint density at radius 1 is 0.828 bits per heavy atom. The van der Waals surface area contributed by atoms with Crippen LogP contribution in [0.25, 0.3) is 21.9 Å². The van der Waals surface area contributed by atoms with E-state index in [-0.39, 0.29) is 11.3 Å². The summed E-state index contributed by atoms with van der Waals surface area (Å²) in [5.41, 5.74) is 2.31. The number of benzene rings is 2. The fraction of sp³-hybridized carbons (Fsp3) is 0.0526. The van der Waals surface area contributed by atoms with Crippen molar-refractivity contribution in [3.63, 3.8) is 0 Å². The SMILES string of the molecule is CC(=O)c1ccc2ccoc2c1.II.O=C(O)c1ccc2ccoc2c1.[I][V][I]. The van der Waals surface area contributed by atoms with Crippen LogP contribution >= 0.6 is 77.2 Å². The van der Waals surface area contributed by atoms with Gasteiger partial charge in [-0.25, -0.2) is 4.79 Å². The first-order valence-corrected chi connectivity index (χ1v) is 23.0. The molecule has 0 aliphatic heterocycles. The molecule has 2 heterocycles. The fourth-order valence-corrected chi connectivity index (χ4v) is 2.26. The van der Waals surface area contributed by atoms with E-state index in [4.69, 9.17) is 13.9 Å². The number of carbonyl (C=O) groups excluding carboxylic acids is 1. The average molecular weight is 881 g/mol. The minimum atomic E-state index is -0.937. The number of carbonyl (C=O) groups is 2. The number of fused-ring (bicyclic) bond motifs is 2. The summed E-state index contributed by atoms with van der Waals surface area (Å²) < 4.78 is 10.2. The van der Waals surface area contributed by atoms with Crippen LogP contribution in [0.15, 0.2) is 69.9 Å². The van der Waals surface area contributed by atoms with E-state index in [1.165, 1.54) is 12.3 Å². The molecule has 2 aromatic heterocycles. The van der Waals surface area contributed by atoms with Crippen LogP contribution in [0.1, 0.15) is 27.6 Å². The first-order chi connectivity index (χ1) is 14.0. The Bertz CT molecular complexity index is 977. The molecule has 0 radical (unpaired) electrons. The van der Waals surface area contributed by atoms with Crippen LogP contribution in [0.5, 0.6) is 0 Å². The first-order valence-electron chi connectivity index (χ1n) is 7.71. The number of ketones is 1. The van der Waals surface area contributed by atoms with Crippen molar-refractivity contribution in [2.45, 2.75) is 6.92 Å². The van der Waals surface area contributed by atoms with Gasteiger partial charge >= 0.3 is 55.4 Å². The standard InChI is InChI=1S/C10H8O2.C9H6O3.I2.2HI.V/c1-7(11)9-3-2-8-4-5-12-10(8)6-9;10-9(11)7-2-1-6-3-4-12-8(6)5-7;1-2;;;/h2-6H,1H3;1-5H,(H,10,11);;2*1H;/q;;;;;+2/p-2. The number of aromatic carboxylic acids is 1. The van der Waals surface area contributed by atoms with Gasteiger partial charge in [-0.1, -0.05) is 18.2 Å². The molecule has 0 spiro atoms. The predicted octanol–water partition coefficient (Wildman–Crippen LogP) is 8.31. The molecule has 4 aromatic rings. The van der Waals surface area contributed by atoms with Gasteiger partial charge in [0.1, 0.15) is 11.2 Å². The summed E-state index contributed by atoms with van der Waals surface area (Å²) in [6.45, 7) is 1.55. The van der Waals surface area contributed by atoms with Crippen LogP contribution in [-0.2, 0) is 9.47 Å². The Morgan fingerprint density at radius 3 is 1.66 bits per heavy atom. The second-order valence-corrected chi connectivity index (χ2v) is 17.1. The normalized spacial score (nSPS) is 9.28. The molecule has 0 bridgehead atoms. The van der Waals surface area contributed by atoms with E-state index in [1.54, 1.807) is 43.5 Å². The maximum absolute atomic E-state index is 11.0. The predicted molar refractivity (Wildman–Crippen MR) is 145 cm³/mol. The molecule has 10 heteroatoms. The second kappa shape index (κ2) is 15.0. The van der Waals surface area contributed by atoms with E-state index in [1.807, 2.05) is 12.1 Å². The van der Waals surface area contributed by atoms with Crippen molar-refractivity contribution in [1.82, 2.24) is 0 Å². The van der Waals surface area contributed by atoms with Gasteiger partial charge < -0.3 is 13.9 Å². The number of carboxylic acid groups (broad SMARTS) is 1. The third kappa shape index (κ3) is 9.05. The van der Waals surface area contributed by atoms with Gasteiger partial charge in [-0.3, -0.25) is 4.79 Å². The molecule has 0 fully saturated rings. The summed E-state index contributed by atoms with van der Waals surface area (Å²) in [4.78, 5) is 21.5. The van der Waals surface area contributed by atoms with Gasteiger partial charge in [-0.15, -0.1) is 0 Å². The molecule has 153 valence electrons. The van der Waals surface area contributed by atoms with Crippen molar-refractivity contribution in [3.8, 4) is 0 Å². The molecule has 5 nitrogen and oxygen atoms in total. The van der Waals surface area contributed by atoms with Gasteiger partial charge in [0, 0.05) is 53.6 Å². The number of rotatable bonds is 2. The third-order valence-corrected chi connectivity index (χ3v) is 3.57. The Kier molecular flexibility index (Phi) is 14.1. The number of hydrogen-bond acceptors (Lipinski definition) is 4. The Balaban J connectivity index is 0.000000238. The number of hydrogen-bond donors (Lipinski definition) is 1. The fourth-order valence-electron chi connectivity index (χ4n) is 2.26. The summed E-state index contributed by atoms with van der Waals surface area (Å²) >= 11 is 8.98. The van der Waals surface area contributed by atoms with E-state index in [0.29, 0.717) is 20.6 Å². The van der Waals surface area contributed by atoms with Crippen molar-refractivity contribution < 1.29 is 33.0 Å². The first kappa shape index (κ1) is 27.2. The van der Waals surface area contributed by atoms with Gasteiger partial charge in [0.25, 0.3) is 0 Å². The molecule has 0 unspecified atom stereocenters. The van der Waals surface area contributed by atoms with Crippen LogP contribution in [0, 0.1) is 0 Å². The van der Waals surface area contributed by atoms with Crippen molar-refractivity contribution in [2.24, 2.45) is 0 Å². The molecule has 0 aliphatic rings. The third-order valence-electron chi connectivity index (χ3n) is 3.57. The second-order valence-electron chi connectivity index (χ2n) is 5.27. The Hall–Kier alpha value is 0.164. The van der Waals surface area contributed by atoms with Gasteiger partial charge in [-0.2, -0.15) is 0 Å². The van der Waals surface area contributed by atoms with Crippen molar-refractivity contribution in [2.75, 3.05) is 0 Å². The Labute approximate surface area is 219 Å². The van der Waals surface area contributed by atoms with Crippen LogP contribution in [0.4, 0.5) is 0 Å². The molecule has 2 aromatic carbocycles. The van der Waals surface area contributed by atoms with Crippen LogP contribution in [0.3, 0.4) is 0 Å². The summed E-state index contributed by atoms with van der Waals surface area (Å²) in [5.74, 6) is -0.874. The van der Waals surface area contributed by atoms with Gasteiger partial charge in [0.15, 0.2) is 5.78 Å². The summed E-state index contributed by atoms with van der Waals surface area (Å²) in [6, 6.07) is 13.9. The quantitative estimate of drug-likeness (QED) is 0.162. The zero-order chi connectivity index (χ0) is 21.8. The molecular weight excluding hydrogens is 867 g/mol. The van der Waals surface area contributed by atoms with Crippen molar-refractivity contribution in [1.29, 1.82) is 0 Å². The number of halogens is 4. The Morgan fingerprint density at radius 2 is 1.24 bits per heavy atom. The molecule has 4 rings (SSSR count).